The Balaban J connectivity index is 2.26. The van der Waals surface area contributed by atoms with Gasteiger partial charge in [-0.1, -0.05) is 0 Å². The Labute approximate surface area is 185 Å². The molecule has 0 saturated carbocycles. The Bertz CT molecular complexity index is 928. The van der Waals surface area contributed by atoms with E-state index in [9.17, 15) is 13.9 Å². The van der Waals surface area contributed by atoms with Gasteiger partial charge in [-0.3, -0.25) is 10.8 Å². The van der Waals surface area contributed by atoms with E-state index in [-0.39, 0.29) is 33.4 Å². The molecule has 1 fully saturated rings. The van der Waals surface area contributed by atoms with Crippen molar-refractivity contribution in [1.82, 2.24) is 10.2 Å². The summed E-state index contributed by atoms with van der Waals surface area (Å²) in [6, 6.07) is 0.944. The summed E-state index contributed by atoms with van der Waals surface area (Å²) in [6.07, 6.45) is 3.20. The zero-order chi connectivity index (χ0) is 23.7. The van der Waals surface area contributed by atoms with E-state index in [1.165, 1.54) is 0 Å². The van der Waals surface area contributed by atoms with Gasteiger partial charge in [0, 0.05) is 47.7 Å². The number of allylic oxidation sites excluding steroid dienone is 1. The Hall–Kier alpha value is -2.46. The zero-order valence-corrected chi connectivity index (χ0v) is 19.2. The third-order valence-corrected chi connectivity index (χ3v) is 6.18. The summed E-state index contributed by atoms with van der Waals surface area (Å²) in [6.45, 7) is 8.35. The lowest BCUT2D eigenvalue weighted by atomic mass is 9.79. The van der Waals surface area contributed by atoms with E-state index in [0.29, 0.717) is 11.8 Å². The Morgan fingerprint density at radius 3 is 2.26 bits per heavy atom. The van der Waals surface area contributed by atoms with Crippen molar-refractivity contribution < 1.29 is 13.9 Å². The number of halogens is 2. The van der Waals surface area contributed by atoms with Crippen molar-refractivity contribution in [3.63, 3.8) is 0 Å². The van der Waals surface area contributed by atoms with Crippen molar-refractivity contribution in [3.05, 3.63) is 35.0 Å². The van der Waals surface area contributed by atoms with Crippen molar-refractivity contribution >= 4 is 33.8 Å². The van der Waals surface area contributed by atoms with Gasteiger partial charge in [0.15, 0.2) is 16.8 Å². The number of rotatable bonds is 4. The van der Waals surface area contributed by atoms with E-state index in [1.54, 1.807) is 11.9 Å². The molecule has 0 bridgehead atoms. The maximum absolute atomic E-state index is 14.7. The van der Waals surface area contributed by atoms with E-state index in [0.717, 1.165) is 31.3 Å². The largest absolute Gasteiger partial charge is 0.507 e. The van der Waals surface area contributed by atoms with Crippen LogP contribution in [-0.4, -0.2) is 50.6 Å². The van der Waals surface area contributed by atoms with Crippen LogP contribution >= 0.6 is 11.8 Å². The fraction of sp³-hybridized carbons (Fsp3) is 0.476. The number of nitrogens with zero attached hydrogens (tertiary/aromatic N) is 1. The predicted octanol–water partition coefficient (Wildman–Crippen LogP) is 3.85. The summed E-state index contributed by atoms with van der Waals surface area (Å²) >= 11 is 0.639. The van der Waals surface area contributed by atoms with Crippen LogP contribution in [0.5, 0.6) is 5.75 Å². The smallest absolute Gasteiger partial charge is 0.173 e. The molecule has 1 aliphatic rings. The number of phenolic OH excluding ortho intramolecular Hbond substituents is 1. The number of benzene rings is 1. The van der Waals surface area contributed by atoms with Crippen LogP contribution in [0.25, 0.3) is 5.57 Å². The molecule has 1 heterocycles. The lowest BCUT2D eigenvalue weighted by Crippen LogP contribution is -2.62. The first-order valence-electron chi connectivity index (χ1n) is 9.74. The quantitative estimate of drug-likeness (QED) is 0.305. The highest BCUT2D eigenvalue weighted by Gasteiger charge is 2.40. The molecule has 0 atom stereocenters. The van der Waals surface area contributed by atoms with Gasteiger partial charge in [-0.2, -0.15) is 0 Å². The van der Waals surface area contributed by atoms with Crippen molar-refractivity contribution in [2.75, 3.05) is 7.05 Å². The second kappa shape index (κ2) is 8.96. The maximum Gasteiger partial charge on any atom is 0.173 e. The highest BCUT2D eigenvalue weighted by molar-refractivity contribution is 8.26. The molecule has 7 N–H and O–H groups in total. The molecule has 0 radical (unpaired) electrons. The van der Waals surface area contributed by atoms with Gasteiger partial charge in [0.1, 0.15) is 10.8 Å². The summed E-state index contributed by atoms with van der Waals surface area (Å²) in [4.78, 5) is 1.73. The summed E-state index contributed by atoms with van der Waals surface area (Å²) in [5.74, 6) is -3.40. The van der Waals surface area contributed by atoms with Gasteiger partial charge in [0.05, 0.1) is 5.56 Å². The summed E-state index contributed by atoms with van der Waals surface area (Å²) in [5, 5.41) is 37.2. The normalized spacial score (nSPS) is 18.5. The first-order chi connectivity index (χ1) is 14.2. The lowest BCUT2D eigenvalue weighted by Gasteiger charge is -2.49. The number of hydrogen-bond acceptors (Lipinski definition) is 7. The third kappa shape index (κ3) is 5.43. The number of piperidine rings is 1. The van der Waals surface area contributed by atoms with Crippen LogP contribution in [0.4, 0.5) is 8.78 Å². The molecule has 10 heteroatoms. The van der Waals surface area contributed by atoms with Crippen LogP contribution in [0.3, 0.4) is 0 Å². The standard InChI is InChI=1S/C21H30F2N6OS/c1-20(2)7-12(8-21(3,4)28-20)29(5)19(27)31-18(26)15-14(30)6-13(11(9-24)10-25)16(22)17(15)23/h6,9-10,12,24,26-28,30H,7-8,25H2,1-5H3/b11-10+,24-9?,26-18?,27-19?. The molecule has 1 aromatic carbocycles. The molecule has 0 spiro atoms. The zero-order valence-electron chi connectivity index (χ0n) is 18.4. The van der Waals surface area contributed by atoms with Crippen molar-refractivity contribution in [2.24, 2.45) is 5.73 Å². The fourth-order valence-electron chi connectivity index (χ4n) is 4.18. The number of aromatic hydroxyl groups is 1. The fourth-order valence-corrected chi connectivity index (χ4v) is 4.96. The first kappa shape index (κ1) is 24.8. The van der Waals surface area contributed by atoms with Crippen LogP contribution < -0.4 is 11.1 Å². The molecule has 31 heavy (non-hydrogen) atoms. The second-order valence-corrected chi connectivity index (χ2v) is 10.0. The van der Waals surface area contributed by atoms with E-state index in [4.69, 9.17) is 22.0 Å². The topological polar surface area (TPSA) is 133 Å². The highest BCUT2D eigenvalue weighted by atomic mass is 32.2. The third-order valence-electron chi connectivity index (χ3n) is 5.29. The summed E-state index contributed by atoms with van der Waals surface area (Å²) in [5.41, 5.74) is 3.91. The molecule has 0 aromatic heterocycles. The minimum Gasteiger partial charge on any atom is -0.507 e. The number of thioether (sulfide) groups is 1. The summed E-state index contributed by atoms with van der Waals surface area (Å²) < 4.78 is 29.2. The van der Waals surface area contributed by atoms with Gasteiger partial charge >= 0.3 is 0 Å². The molecule has 1 aromatic rings. The predicted molar refractivity (Wildman–Crippen MR) is 123 cm³/mol. The van der Waals surface area contributed by atoms with Gasteiger partial charge in [0.25, 0.3) is 0 Å². The van der Waals surface area contributed by atoms with Crippen LogP contribution in [-0.2, 0) is 0 Å². The maximum atomic E-state index is 14.7. The van der Waals surface area contributed by atoms with Crippen molar-refractivity contribution in [3.8, 4) is 5.75 Å². The SMILES string of the molecule is CN(C(=N)SC(=N)c1c(O)cc(/C(C=N)=C/N)c(F)c1F)C1CC(C)(C)NC(C)(C)C1. The van der Waals surface area contributed by atoms with E-state index < -0.39 is 28.0 Å². The lowest BCUT2D eigenvalue weighted by molar-refractivity contribution is 0.114. The number of amidine groups is 1. The average Bonchev–Trinajstić information content (AvgIpc) is 2.63. The number of nitrogens with one attached hydrogen (secondary N) is 4. The van der Waals surface area contributed by atoms with Gasteiger partial charge < -0.3 is 26.5 Å². The van der Waals surface area contributed by atoms with E-state index in [2.05, 4.69) is 33.0 Å². The van der Waals surface area contributed by atoms with Gasteiger partial charge in [-0.15, -0.1) is 0 Å². The van der Waals surface area contributed by atoms with Crippen LogP contribution in [0, 0.1) is 27.9 Å². The Morgan fingerprint density at radius 2 is 1.77 bits per heavy atom. The van der Waals surface area contributed by atoms with E-state index in [1.807, 2.05) is 0 Å². The second-order valence-electron chi connectivity index (χ2n) is 9.01. The molecule has 170 valence electrons. The minimum atomic E-state index is -1.42. The number of phenols is 1. The Morgan fingerprint density at radius 1 is 1.23 bits per heavy atom. The highest BCUT2D eigenvalue weighted by Crippen LogP contribution is 2.35. The monoisotopic (exact) mass is 452 g/mol. The minimum absolute atomic E-state index is 0.00572. The van der Waals surface area contributed by atoms with Crippen molar-refractivity contribution in [1.29, 1.82) is 16.2 Å². The summed E-state index contributed by atoms with van der Waals surface area (Å²) in [7, 11) is 1.74. The van der Waals surface area contributed by atoms with E-state index >= 15 is 0 Å². The van der Waals surface area contributed by atoms with Crippen molar-refractivity contribution in [2.45, 2.75) is 57.7 Å². The van der Waals surface area contributed by atoms with Gasteiger partial charge in [-0.05, 0) is 58.4 Å². The molecule has 0 unspecified atom stereocenters. The molecular formula is C21H30F2N6OS. The average molecular weight is 453 g/mol. The molecule has 2 rings (SSSR count). The van der Waals surface area contributed by atoms with Crippen LogP contribution in [0.15, 0.2) is 12.3 Å². The van der Waals surface area contributed by atoms with Crippen LogP contribution in [0.1, 0.15) is 51.7 Å². The molecular weight excluding hydrogens is 422 g/mol. The molecule has 1 saturated heterocycles. The van der Waals surface area contributed by atoms with Gasteiger partial charge in [-0.25, -0.2) is 8.78 Å². The Kier molecular flexibility index (Phi) is 7.17. The number of hydrogen-bond donors (Lipinski definition) is 6. The number of nitrogens with two attached hydrogens (primary N) is 1. The van der Waals surface area contributed by atoms with Crippen LogP contribution in [0.2, 0.25) is 0 Å². The van der Waals surface area contributed by atoms with Gasteiger partial charge in [0.2, 0.25) is 0 Å². The molecule has 1 aliphatic heterocycles. The molecule has 7 nitrogen and oxygen atoms in total. The first-order valence-corrected chi connectivity index (χ1v) is 10.6. The molecule has 0 aliphatic carbocycles. The molecule has 0 amide bonds.